The molecular formula is C10H9F3N4. The van der Waals surface area contributed by atoms with Gasteiger partial charge >= 0.3 is 0 Å². The summed E-state index contributed by atoms with van der Waals surface area (Å²) in [5.74, 6) is -2.63. The highest BCUT2D eigenvalue weighted by molar-refractivity contribution is 5.45. The summed E-state index contributed by atoms with van der Waals surface area (Å²) in [5, 5.41) is 10.0. The van der Waals surface area contributed by atoms with Crippen molar-refractivity contribution in [2.45, 2.75) is 6.54 Å². The standard InChI is InChI=1S/C10H9F3N4/c1-17-5-15-16-10(17)4-14-9-3-7(12)6(11)2-8(9)13/h2-3,5,14H,4H2,1H3. The van der Waals surface area contributed by atoms with E-state index >= 15 is 0 Å². The van der Waals surface area contributed by atoms with Gasteiger partial charge in [0.05, 0.1) is 12.2 Å². The van der Waals surface area contributed by atoms with Crippen LogP contribution in [-0.2, 0) is 13.6 Å². The Morgan fingerprint density at radius 1 is 1.18 bits per heavy atom. The largest absolute Gasteiger partial charge is 0.375 e. The summed E-state index contributed by atoms with van der Waals surface area (Å²) in [5.41, 5.74) is -0.119. The Labute approximate surface area is 95.1 Å². The molecule has 0 atom stereocenters. The van der Waals surface area contributed by atoms with Crippen molar-refractivity contribution in [3.05, 3.63) is 41.7 Å². The van der Waals surface area contributed by atoms with E-state index in [9.17, 15) is 13.2 Å². The first-order chi connectivity index (χ1) is 8.08. The van der Waals surface area contributed by atoms with Crippen LogP contribution in [0.5, 0.6) is 0 Å². The van der Waals surface area contributed by atoms with E-state index in [0.717, 1.165) is 6.07 Å². The first-order valence-electron chi connectivity index (χ1n) is 4.79. The molecule has 2 aromatic rings. The highest BCUT2D eigenvalue weighted by Crippen LogP contribution is 2.18. The average Bonchev–Trinajstić information content (AvgIpc) is 2.68. The van der Waals surface area contributed by atoms with Gasteiger partial charge in [0, 0.05) is 19.2 Å². The molecule has 0 spiro atoms. The fourth-order valence-corrected chi connectivity index (χ4v) is 1.30. The number of nitrogens with zero attached hydrogens (tertiary/aromatic N) is 3. The van der Waals surface area contributed by atoms with Crippen molar-refractivity contribution in [3.8, 4) is 0 Å². The predicted octanol–water partition coefficient (Wildman–Crippen LogP) is 1.84. The number of rotatable bonds is 3. The molecule has 17 heavy (non-hydrogen) atoms. The van der Waals surface area contributed by atoms with Crippen molar-refractivity contribution >= 4 is 5.69 Å². The van der Waals surface area contributed by atoms with Gasteiger partial charge in [-0.1, -0.05) is 0 Å². The molecule has 0 fully saturated rings. The zero-order valence-electron chi connectivity index (χ0n) is 8.91. The number of anilines is 1. The highest BCUT2D eigenvalue weighted by Gasteiger charge is 2.10. The molecule has 0 amide bonds. The second kappa shape index (κ2) is 4.44. The maximum absolute atomic E-state index is 13.2. The third-order valence-electron chi connectivity index (χ3n) is 2.25. The number of hydrogen-bond donors (Lipinski definition) is 1. The maximum Gasteiger partial charge on any atom is 0.161 e. The molecule has 1 N–H and O–H groups in total. The molecule has 7 heteroatoms. The monoisotopic (exact) mass is 242 g/mol. The van der Waals surface area contributed by atoms with Crippen molar-refractivity contribution in [2.75, 3.05) is 5.32 Å². The van der Waals surface area contributed by atoms with Crippen LogP contribution in [0.1, 0.15) is 5.82 Å². The number of halogens is 3. The summed E-state index contributed by atoms with van der Waals surface area (Å²) in [6, 6.07) is 1.26. The van der Waals surface area contributed by atoms with E-state index in [2.05, 4.69) is 15.5 Å². The van der Waals surface area contributed by atoms with Crippen LogP contribution in [0, 0.1) is 17.5 Å². The molecule has 1 aromatic heterocycles. The number of hydrogen-bond acceptors (Lipinski definition) is 3. The number of nitrogens with one attached hydrogen (secondary N) is 1. The summed E-state index contributed by atoms with van der Waals surface area (Å²) >= 11 is 0. The van der Waals surface area contributed by atoms with E-state index in [0.29, 0.717) is 11.9 Å². The maximum atomic E-state index is 13.2. The summed E-state index contributed by atoms with van der Waals surface area (Å²) in [7, 11) is 1.72. The lowest BCUT2D eigenvalue weighted by Gasteiger charge is -2.07. The van der Waals surface area contributed by atoms with Crippen LogP contribution in [0.4, 0.5) is 18.9 Å². The highest BCUT2D eigenvalue weighted by atomic mass is 19.2. The normalized spacial score (nSPS) is 10.6. The van der Waals surface area contributed by atoms with E-state index in [4.69, 9.17) is 0 Å². The molecule has 2 rings (SSSR count). The molecule has 1 aromatic carbocycles. The fourth-order valence-electron chi connectivity index (χ4n) is 1.30. The van der Waals surface area contributed by atoms with E-state index < -0.39 is 17.5 Å². The molecule has 0 unspecified atom stereocenters. The summed E-state index contributed by atoms with van der Waals surface area (Å²) in [4.78, 5) is 0. The lowest BCUT2D eigenvalue weighted by Crippen LogP contribution is -2.07. The second-order valence-electron chi connectivity index (χ2n) is 3.46. The minimum atomic E-state index is -1.22. The average molecular weight is 242 g/mol. The topological polar surface area (TPSA) is 42.7 Å². The Balaban J connectivity index is 2.14. The first kappa shape index (κ1) is 11.4. The fraction of sp³-hybridized carbons (Fsp3) is 0.200. The van der Waals surface area contributed by atoms with E-state index in [1.54, 1.807) is 11.6 Å². The minimum Gasteiger partial charge on any atom is -0.375 e. The molecule has 0 aliphatic rings. The Bertz CT molecular complexity index is 538. The quantitative estimate of drug-likeness (QED) is 0.835. The zero-order valence-corrected chi connectivity index (χ0v) is 8.91. The molecule has 0 aliphatic carbocycles. The smallest absolute Gasteiger partial charge is 0.161 e. The van der Waals surface area contributed by atoms with Gasteiger partial charge in [-0.25, -0.2) is 13.2 Å². The van der Waals surface area contributed by atoms with Gasteiger partial charge in [0.25, 0.3) is 0 Å². The van der Waals surface area contributed by atoms with Crippen molar-refractivity contribution in [1.82, 2.24) is 14.8 Å². The van der Waals surface area contributed by atoms with Crippen LogP contribution in [0.15, 0.2) is 18.5 Å². The van der Waals surface area contributed by atoms with Crippen molar-refractivity contribution < 1.29 is 13.2 Å². The van der Waals surface area contributed by atoms with Crippen LogP contribution < -0.4 is 5.32 Å². The van der Waals surface area contributed by atoms with Gasteiger partial charge in [-0.05, 0) is 0 Å². The molecule has 4 nitrogen and oxygen atoms in total. The molecular weight excluding hydrogens is 233 g/mol. The lowest BCUT2D eigenvalue weighted by molar-refractivity contribution is 0.496. The van der Waals surface area contributed by atoms with Gasteiger partial charge in [-0.15, -0.1) is 10.2 Å². The Morgan fingerprint density at radius 3 is 2.53 bits per heavy atom. The third-order valence-corrected chi connectivity index (χ3v) is 2.25. The Hall–Kier alpha value is -2.05. The second-order valence-corrected chi connectivity index (χ2v) is 3.46. The molecule has 0 saturated heterocycles. The van der Waals surface area contributed by atoms with Gasteiger partial charge in [0.15, 0.2) is 17.5 Å². The first-order valence-corrected chi connectivity index (χ1v) is 4.79. The van der Waals surface area contributed by atoms with Gasteiger partial charge < -0.3 is 9.88 Å². The summed E-state index contributed by atoms with van der Waals surface area (Å²) in [6.45, 7) is 0.165. The van der Waals surface area contributed by atoms with Crippen LogP contribution in [0.3, 0.4) is 0 Å². The minimum absolute atomic E-state index is 0.119. The molecule has 90 valence electrons. The van der Waals surface area contributed by atoms with Gasteiger partial charge in [0.2, 0.25) is 0 Å². The van der Waals surface area contributed by atoms with E-state index in [1.165, 1.54) is 6.33 Å². The van der Waals surface area contributed by atoms with Crippen LogP contribution in [0.25, 0.3) is 0 Å². The number of aromatic nitrogens is 3. The van der Waals surface area contributed by atoms with E-state index in [1.807, 2.05) is 0 Å². The zero-order chi connectivity index (χ0) is 12.4. The summed E-state index contributed by atoms with van der Waals surface area (Å²) < 4.78 is 40.4. The number of aryl methyl sites for hydroxylation is 1. The van der Waals surface area contributed by atoms with Gasteiger partial charge in [-0.3, -0.25) is 0 Å². The van der Waals surface area contributed by atoms with Crippen LogP contribution in [0.2, 0.25) is 0 Å². The molecule has 0 bridgehead atoms. The van der Waals surface area contributed by atoms with Gasteiger partial charge in [-0.2, -0.15) is 0 Å². The molecule has 0 aliphatic heterocycles. The van der Waals surface area contributed by atoms with Crippen LogP contribution >= 0.6 is 0 Å². The summed E-state index contributed by atoms with van der Waals surface area (Å²) in [6.07, 6.45) is 1.48. The molecule has 1 heterocycles. The number of benzene rings is 1. The Morgan fingerprint density at radius 2 is 1.88 bits per heavy atom. The van der Waals surface area contributed by atoms with Gasteiger partial charge in [0.1, 0.15) is 12.1 Å². The van der Waals surface area contributed by atoms with Crippen LogP contribution in [-0.4, -0.2) is 14.8 Å². The Kier molecular flexibility index (Phi) is 2.99. The SMILES string of the molecule is Cn1cnnc1CNc1cc(F)c(F)cc1F. The van der Waals surface area contributed by atoms with E-state index in [-0.39, 0.29) is 12.2 Å². The molecule has 0 radical (unpaired) electrons. The third kappa shape index (κ3) is 2.38. The predicted molar refractivity (Wildman–Crippen MR) is 54.6 cm³/mol. The molecule has 0 saturated carbocycles. The van der Waals surface area contributed by atoms with Crippen molar-refractivity contribution in [1.29, 1.82) is 0 Å². The lowest BCUT2D eigenvalue weighted by atomic mass is 10.3. The van der Waals surface area contributed by atoms with Crippen molar-refractivity contribution in [3.63, 3.8) is 0 Å². The van der Waals surface area contributed by atoms with Crippen molar-refractivity contribution in [2.24, 2.45) is 7.05 Å².